The standard InChI is InChI=1S/C21H36N4O2.HI/c1-5-25-10-9-18(16-25)14-23-21(22-4)24-15-19-8-7-17(3)13-20(19)27-12-11-26-6-2;/h7-8,13,18H,5-6,9-12,14-16H2,1-4H3,(H2,22,23,24);1H. The maximum Gasteiger partial charge on any atom is 0.191 e. The quantitative estimate of drug-likeness (QED) is 0.222. The molecule has 1 aliphatic rings. The topological polar surface area (TPSA) is 58.1 Å². The highest BCUT2D eigenvalue weighted by molar-refractivity contribution is 14.0. The zero-order chi connectivity index (χ0) is 19.5. The minimum Gasteiger partial charge on any atom is -0.491 e. The van der Waals surface area contributed by atoms with E-state index in [0.717, 1.165) is 30.4 Å². The Kier molecular flexibility index (Phi) is 12.5. The van der Waals surface area contributed by atoms with Crippen LogP contribution in [0.15, 0.2) is 23.2 Å². The van der Waals surface area contributed by atoms with Gasteiger partial charge >= 0.3 is 0 Å². The molecular weight excluding hydrogens is 467 g/mol. The van der Waals surface area contributed by atoms with E-state index in [1.807, 2.05) is 14.0 Å². The molecule has 0 amide bonds. The first-order valence-electron chi connectivity index (χ1n) is 10.1. The summed E-state index contributed by atoms with van der Waals surface area (Å²) < 4.78 is 11.3. The number of hydrogen-bond acceptors (Lipinski definition) is 4. The van der Waals surface area contributed by atoms with Crippen molar-refractivity contribution in [3.8, 4) is 5.75 Å². The molecule has 0 spiro atoms. The Morgan fingerprint density at radius 1 is 1.25 bits per heavy atom. The second kappa shape index (κ2) is 14.0. The Hall–Kier alpha value is -1.06. The van der Waals surface area contributed by atoms with Gasteiger partial charge in [0.05, 0.1) is 6.61 Å². The maximum atomic E-state index is 5.92. The van der Waals surface area contributed by atoms with E-state index in [1.54, 1.807) is 0 Å². The van der Waals surface area contributed by atoms with Gasteiger partial charge < -0.3 is 25.0 Å². The third kappa shape index (κ3) is 8.53. The van der Waals surface area contributed by atoms with Gasteiger partial charge in [0.1, 0.15) is 12.4 Å². The third-order valence-corrected chi connectivity index (χ3v) is 4.96. The fraction of sp³-hybridized carbons (Fsp3) is 0.667. The van der Waals surface area contributed by atoms with Gasteiger partial charge in [0.25, 0.3) is 0 Å². The van der Waals surface area contributed by atoms with Crippen LogP contribution in [0.2, 0.25) is 0 Å². The van der Waals surface area contributed by atoms with Crippen molar-refractivity contribution in [2.24, 2.45) is 10.9 Å². The number of hydrogen-bond donors (Lipinski definition) is 2. The van der Waals surface area contributed by atoms with Crippen LogP contribution in [0.25, 0.3) is 0 Å². The van der Waals surface area contributed by atoms with E-state index in [1.165, 1.54) is 25.1 Å². The zero-order valence-electron chi connectivity index (χ0n) is 17.8. The molecule has 1 unspecified atom stereocenters. The van der Waals surface area contributed by atoms with Gasteiger partial charge in [-0.3, -0.25) is 4.99 Å². The lowest BCUT2D eigenvalue weighted by Gasteiger charge is -2.17. The lowest BCUT2D eigenvalue weighted by atomic mass is 10.1. The Morgan fingerprint density at radius 3 is 2.75 bits per heavy atom. The second-order valence-corrected chi connectivity index (χ2v) is 7.01. The van der Waals surface area contributed by atoms with Crippen molar-refractivity contribution in [1.82, 2.24) is 15.5 Å². The van der Waals surface area contributed by atoms with Gasteiger partial charge in [0, 0.05) is 38.9 Å². The molecule has 7 heteroatoms. The summed E-state index contributed by atoms with van der Waals surface area (Å²) in [7, 11) is 1.82. The summed E-state index contributed by atoms with van der Waals surface area (Å²) in [6.45, 7) is 13.3. The molecule has 1 heterocycles. The number of ether oxygens (including phenoxy) is 2. The highest BCUT2D eigenvalue weighted by atomic mass is 127. The predicted molar refractivity (Wildman–Crippen MR) is 127 cm³/mol. The summed E-state index contributed by atoms with van der Waals surface area (Å²) >= 11 is 0. The van der Waals surface area contributed by atoms with Gasteiger partial charge in [-0.2, -0.15) is 0 Å². The average Bonchev–Trinajstić information content (AvgIpc) is 3.14. The first kappa shape index (κ1) is 25.0. The molecular formula is C21H37IN4O2. The van der Waals surface area contributed by atoms with Gasteiger partial charge in [0.2, 0.25) is 0 Å². The van der Waals surface area contributed by atoms with Gasteiger partial charge in [-0.15, -0.1) is 24.0 Å². The lowest BCUT2D eigenvalue weighted by Crippen LogP contribution is -2.40. The monoisotopic (exact) mass is 504 g/mol. The summed E-state index contributed by atoms with van der Waals surface area (Å²) in [5.74, 6) is 2.44. The van der Waals surface area contributed by atoms with Crippen LogP contribution in [0.3, 0.4) is 0 Å². The van der Waals surface area contributed by atoms with Crippen molar-refractivity contribution in [1.29, 1.82) is 0 Å². The number of halogens is 1. The molecule has 1 aliphatic heterocycles. The normalized spacial score (nSPS) is 17.3. The predicted octanol–water partition coefficient (Wildman–Crippen LogP) is 3.04. The number of nitrogens with zero attached hydrogens (tertiary/aromatic N) is 2. The van der Waals surface area contributed by atoms with Crippen LogP contribution in [0.4, 0.5) is 0 Å². The minimum absolute atomic E-state index is 0. The van der Waals surface area contributed by atoms with E-state index in [-0.39, 0.29) is 24.0 Å². The van der Waals surface area contributed by atoms with Crippen LogP contribution >= 0.6 is 24.0 Å². The Balaban J connectivity index is 0.00000392. The van der Waals surface area contributed by atoms with E-state index < -0.39 is 0 Å². The van der Waals surface area contributed by atoms with Crippen molar-refractivity contribution in [2.45, 2.75) is 33.7 Å². The fourth-order valence-corrected chi connectivity index (χ4v) is 3.30. The van der Waals surface area contributed by atoms with Gasteiger partial charge in [-0.05, 0) is 50.9 Å². The molecule has 0 aliphatic carbocycles. The number of guanidine groups is 1. The van der Waals surface area contributed by atoms with Crippen molar-refractivity contribution >= 4 is 29.9 Å². The average molecular weight is 504 g/mol. The summed E-state index contributed by atoms with van der Waals surface area (Å²) in [5, 5.41) is 6.88. The maximum absolute atomic E-state index is 5.92. The van der Waals surface area contributed by atoms with E-state index in [9.17, 15) is 0 Å². The smallest absolute Gasteiger partial charge is 0.191 e. The lowest BCUT2D eigenvalue weighted by molar-refractivity contribution is 0.110. The summed E-state index contributed by atoms with van der Waals surface area (Å²) in [6, 6.07) is 6.30. The highest BCUT2D eigenvalue weighted by Gasteiger charge is 2.21. The number of benzene rings is 1. The molecule has 1 aromatic carbocycles. The number of aliphatic imine (C=N–C) groups is 1. The Bertz CT molecular complexity index is 598. The molecule has 28 heavy (non-hydrogen) atoms. The van der Waals surface area contributed by atoms with Crippen molar-refractivity contribution < 1.29 is 9.47 Å². The largest absolute Gasteiger partial charge is 0.491 e. The van der Waals surface area contributed by atoms with E-state index in [0.29, 0.717) is 32.3 Å². The van der Waals surface area contributed by atoms with Crippen molar-refractivity contribution in [3.05, 3.63) is 29.3 Å². The molecule has 1 aromatic rings. The molecule has 0 saturated carbocycles. The van der Waals surface area contributed by atoms with Crippen LogP contribution in [-0.2, 0) is 11.3 Å². The van der Waals surface area contributed by atoms with E-state index >= 15 is 0 Å². The molecule has 1 atom stereocenters. The third-order valence-electron chi connectivity index (χ3n) is 4.96. The van der Waals surface area contributed by atoms with Crippen molar-refractivity contribution in [3.63, 3.8) is 0 Å². The van der Waals surface area contributed by atoms with E-state index in [2.05, 4.69) is 52.6 Å². The first-order valence-corrected chi connectivity index (χ1v) is 10.1. The molecule has 0 aromatic heterocycles. The summed E-state index contributed by atoms with van der Waals surface area (Å²) in [5.41, 5.74) is 2.31. The molecule has 2 N–H and O–H groups in total. The number of rotatable bonds is 10. The Labute approximate surface area is 187 Å². The number of nitrogens with one attached hydrogen (secondary N) is 2. The molecule has 0 bridgehead atoms. The van der Waals surface area contributed by atoms with E-state index in [4.69, 9.17) is 9.47 Å². The molecule has 1 fully saturated rings. The number of aryl methyl sites for hydroxylation is 1. The Morgan fingerprint density at radius 2 is 2.07 bits per heavy atom. The van der Waals surface area contributed by atoms with Crippen LogP contribution in [-0.4, -0.2) is 63.9 Å². The van der Waals surface area contributed by atoms with Crippen LogP contribution in [0, 0.1) is 12.8 Å². The molecule has 160 valence electrons. The second-order valence-electron chi connectivity index (χ2n) is 7.01. The summed E-state index contributed by atoms with van der Waals surface area (Å²) in [6.07, 6.45) is 1.26. The van der Waals surface area contributed by atoms with Crippen LogP contribution in [0.1, 0.15) is 31.4 Å². The van der Waals surface area contributed by atoms with Crippen LogP contribution in [0.5, 0.6) is 5.75 Å². The van der Waals surface area contributed by atoms with Crippen molar-refractivity contribution in [2.75, 3.05) is 53.0 Å². The molecule has 0 radical (unpaired) electrons. The van der Waals surface area contributed by atoms with Gasteiger partial charge in [0.15, 0.2) is 5.96 Å². The number of likely N-dealkylation sites (tertiary alicyclic amines) is 1. The molecule has 6 nitrogen and oxygen atoms in total. The molecule has 2 rings (SSSR count). The highest BCUT2D eigenvalue weighted by Crippen LogP contribution is 2.20. The SMILES string of the molecule is CCOCCOc1cc(C)ccc1CNC(=NC)NCC1CCN(CC)C1.I. The zero-order valence-corrected chi connectivity index (χ0v) is 20.1. The summed E-state index contributed by atoms with van der Waals surface area (Å²) in [4.78, 5) is 6.86. The minimum atomic E-state index is 0. The molecule has 1 saturated heterocycles. The fourth-order valence-electron chi connectivity index (χ4n) is 3.30. The van der Waals surface area contributed by atoms with Crippen LogP contribution < -0.4 is 15.4 Å². The van der Waals surface area contributed by atoms with Gasteiger partial charge in [-0.1, -0.05) is 19.1 Å². The first-order chi connectivity index (χ1) is 13.2. The van der Waals surface area contributed by atoms with Gasteiger partial charge in [-0.25, -0.2) is 0 Å².